The van der Waals surface area contributed by atoms with Crippen LogP contribution in [0.2, 0.25) is 0 Å². The van der Waals surface area contributed by atoms with Gasteiger partial charge in [-0.05, 0) is 40.5 Å². The van der Waals surface area contributed by atoms with Crippen molar-refractivity contribution < 1.29 is 12.8 Å². The molecule has 17 heavy (non-hydrogen) atoms. The number of anilines is 1. The highest BCUT2D eigenvalue weighted by atomic mass is 79.9. The fourth-order valence-electron chi connectivity index (χ4n) is 1.18. The molecule has 0 fully saturated rings. The zero-order valence-electron chi connectivity index (χ0n) is 8.94. The average Bonchev–Trinajstić information content (AvgIpc) is 2.24. The Balaban J connectivity index is 3.06. The minimum absolute atomic E-state index is 0.0821. The molecule has 1 atom stereocenters. The molecule has 92 valence electrons. The third kappa shape index (κ3) is 3.41. The minimum Gasteiger partial charge on any atom is -0.281 e. The van der Waals surface area contributed by atoms with Crippen molar-refractivity contribution in [1.82, 2.24) is 0 Å². The lowest BCUT2D eigenvalue weighted by molar-refractivity contribution is 0.592. The van der Waals surface area contributed by atoms with Gasteiger partial charge in [-0.15, -0.1) is 0 Å². The zero-order valence-corrected chi connectivity index (χ0v) is 11.3. The number of benzene rings is 1. The number of rotatable bonds is 4. The van der Waals surface area contributed by atoms with Crippen molar-refractivity contribution in [2.75, 3.05) is 4.72 Å². The van der Waals surface area contributed by atoms with Crippen LogP contribution in [0.15, 0.2) is 22.7 Å². The highest BCUT2D eigenvalue weighted by Crippen LogP contribution is 2.25. The van der Waals surface area contributed by atoms with Crippen LogP contribution < -0.4 is 4.72 Å². The van der Waals surface area contributed by atoms with Crippen LogP contribution in [0.5, 0.6) is 0 Å². The Kier molecular flexibility index (Phi) is 4.48. The van der Waals surface area contributed by atoms with E-state index in [2.05, 4.69) is 20.7 Å². The van der Waals surface area contributed by atoms with E-state index in [9.17, 15) is 12.8 Å². The van der Waals surface area contributed by atoms with Crippen molar-refractivity contribution in [2.24, 2.45) is 0 Å². The zero-order chi connectivity index (χ0) is 13.1. The standard InChI is InChI=1S/C10H10BrFN2O2S/c1-2-8(6-13)17(15,16)14-10-5-7(12)3-4-9(10)11/h3-5,8,14H,2H2,1H3. The van der Waals surface area contributed by atoms with Crippen molar-refractivity contribution in [3.63, 3.8) is 0 Å². The first-order valence-corrected chi connectivity index (χ1v) is 7.11. The predicted molar refractivity (Wildman–Crippen MR) is 66.3 cm³/mol. The fourth-order valence-corrected chi connectivity index (χ4v) is 2.85. The highest BCUT2D eigenvalue weighted by molar-refractivity contribution is 9.10. The monoisotopic (exact) mass is 320 g/mol. The molecule has 0 radical (unpaired) electrons. The smallest absolute Gasteiger partial charge is 0.249 e. The fraction of sp³-hybridized carbons (Fsp3) is 0.300. The molecule has 0 saturated heterocycles. The first-order valence-electron chi connectivity index (χ1n) is 4.77. The van der Waals surface area contributed by atoms with Crippen LogP contribution in [0.1, 0.15) is 13.3 Å². The predicted octanol–water partition coefficient (Wildman–Crippen LogP) is 2.63. The number of nitriles is 1. The van der Waals surface area contributed by atoms with Crippen LogP contribution in [0.3, 0.4) is 0 Å². The van der Waals surface area contributed by atoms with E-state index in [1.165, 1.54) is 12.1 Å². The lowest BCUT2D eigenvalue weighted by Crippen LogP contribution is -2.26. The topological polar surface area (TPSA) is 70.0 Å². The molecule has 0 aliphatic carbocycles. The van der Waals surface area contributed by atoms with Gasteiger partial charge >= 0.3 is 0 Å². The molecule has 0 spiro atoms. The molecule has 0 aliphatic heterocycles. The molecule has 0 aromatic heterocycles. The van der Waals surface area contributed by atoms with E-state index in [4.69, 9.17) is 5.26 Å². The number of nitrogens with one attached hydrogen (secondary N) is 1. The molecule has 0 amide bonds. The maximum absolute atomic E-state index is 13.0. The second-order valence-corrected chi connectivity index (χ2v) is 6.01. The number of hydrogen-bond donors (Lipinski definition) is 1. The van der Waals surface area contributed by atoms with Crippen molar-refractivity contribution in [2.45, 2.75) is 18.6 Å². The third-order valence-electron chi connectivity index (χ3n) is 2.07. The van der Waals surface area contributed by atoms with Gasteiger partial charge in [0.15, 0.2) is 5.25 Å². The summed E-state index contributed by atoms with van der Waals surface area (Å²) in [5.74, 6) is -0.559. The Hall–Kier alpha value is -1.13. The number of hydrogen-bond acceptors (Lipinski definition) is 3. The molecule has 4 nitrogen and oxygen atoms in total. The molecule has 0 heterocycles. The minimum atomic E-state index is -3.82. The van der Waals surface area contributed by atoms with Gasteiger partial charge in [-0.1, -0.05) is 6.92 Å². The summed E-state index contributed by atoms with van der Waals surface area (Å²) in [6.45, 7) is 1.59. The summed E-state index contributed by atoms with van der Waals surface area (Å²) in [7, 11) is -3.82. The molecule has 0 saturated carbocycles. The molecule has 1 aromatic rings. The van der Waals surface area contributed by atoms with E-state index in [0.29, 0.717) is 4.47 Å². The van der Waals surface area contributed by atoms with Gasteiger partial charge in [0.1, 0.15) is 5.82 Å². The van der Waals surface area contributed by atoms with Crippen LogP contribution in [0.25, 0.3) is 0 Å². The van der Waals surface area contributed by atoms with Gasteiger partial charge in [0.25, 0.3) is 0 Å². The lowest BCUT2D eigenvalue weighted by Gasteiger charge is -2.12. The van der Waals surface area contributed by atoms with Crippen molar-refractivity contribution >= 4 is 31.6 Å². The van der Waals surface area contributed by atoms with Crippen molar-refractivity contribution in [3.8, 4) is 6.07 Å². The van der Waals surface area contributed by atoms with Gasteiger partial charge in [0, 0.05) is 4.47 Å². The van der Waals surface area contributed by atoms with E-state index in [0.717, 1.165) is 6.07 Å². The molecule has 0 bridgehead atoms. The second kappa shape index (κ2) is 5.47. The maximum atomic E-state index is 13.0. The molecule has 1 N–H and O–H groups in total. The summed E-state index contributed by atoms with van der Waals surface area (Å²) in [5, 5.41) is 7.55. The van der Waals surface area contributed by atoms with Crippen LogP contribution in [0.4, 0.5) is 10.1 Å². The van der Waals surface area contributed by atoms with E-state index >= 15 is 0 Å². The van der Waals surface area contributed by atoms with E-state index in [1.54, 1.807) is 13.0 Å². The molecule has 1 rings (SSSR count). The van der Waals surface area contributed by atoms with Crippen LogP contribution in [-0.4, -0.2) is 13.7 Å². The average molecular weight is 321 g/mol. The van der Waals surface area contributed by atoms with Gasteiger partial charge in [0.2, 0.25) is 10.0 Å². The molecular weight excluding hydrogens is 311 g/mol. The third-order valence-corrected chi connectivity index (χ3v) is 4.45. The Morgan fingerprint density at radius 1 is 1.59 bits per heavy atom. The summed E-state index contributed by atoms with van der Waals surface area (Å²) in [6.07, 6.45) is 0.165. The lowest BCUT2D eigenvalue weighted by atomic mass is 10.3. The Bertz CT molecular complexity index is 554. The van der Waals surface area contributed by atoms with Gasteiger partial charge in [-0.2, -0.15) is 5.26 Å². The first kappa shape index (κ1) is 13.9. The van der Waals surface area contributed by atoms with Crippen LogP contribution in [0, 0.1) is 17.1 Å². The summed E-state index contributed by atoms with van der Waals surface area (Å²) >= 11 is 3.10. The SMILES string of the molecule is CCC(C#N)S(=O)(=O)Nc1cc(F)ccc1Br. The van der Waals surface area contributed by atoms with Crippen LogP contribution in [-0.2, 0) is 10.0 Å². The van der Waals surface area contributed by atoms with Gasteiger partial charge < -0.3 is 0 Å². The molecular formula is C10H10BrFN2O2S. The van der Waals surface area contributed by atoms with Gasteiger partial charge in [-0.25, -0.2) is 12.8 Å². The van der Waals surface area contributed by atoms with Crippen molar-refractivity contribution in [1.29, 1.82) is 5.26 Å². The largest absolute Gasteiger partial charge is 0.281 e. The summed E-state index contributed by atoms with van der Waals surface area (Å²) in [4.78, 5) is 0. The number of halogens is 2. The normalized spacial score (nSPS) is 12.8. The second-order valence-electron chi connectivity index (χ2n) is 3.30. The highest BCUT2D eigenvalue weighted by Gasteiger charge is 2.24. The van der Waals surface area contributed by atoms with Gasteiger partial charge in [-0.3, -0.25) is 4.72 Å². The Labute approximate surface area is 108 Å². The molecule has 0 aliphatic rings. The van der Waals surface area contributed by atoms with Gasteiger partial charge in [0.05, 0.1) is 11.8 Å². The summed E-state index contributed by atoms with van der Waals surface area (Å²) in [5.41, 5.74) is 0.0821. The van der Waals surface area contributed by atoms with E-state index in [-0.39, 0.29) is 12.1 Å². The first-order chi connectivity index (χ1) is 7.90. The molecule has 7 heteroatoms. The summed E-state index contributed by atoms with van der Waals surface area (Å²) < 4.78 is 39.1. The molecule has 1 aromatic carbocycles. The maximum Gasteiger partial charge on any atom is 0.249 e. The molecule has 1 unspecified atom stereocenters. The quantitative estimate of drug-likeness (QED) is 0.927. The van der Waals surface area contributed by atoms with Crippen LogP contribution >= 0.6 is 15.9 Å². The number of sulfonamides is 1. The van der Waals surface area contributed by atoms with E-state index in [1.807, 2.05) is 0 Å². The van der Waals surface area contributed by atoms with E-state index < -0.39 is 21.1 Å². The van der Waals surface area contributed by atoms with Crippen molar-refractivity contribution in [3.05, 3.63) is 28.5 Å². The number of nitrogens with zero attached hydrogens (tertiary/aromatic N) is 1. The Morgan fingerprint density at radius 3 is 2.76 bits per heavy atom. The Morgan fingerprint density at radius 2 is 2.24 bits per heavy atom. The summed E-state index contributed by atoms with van der Waals surface area (Å²) in [6, 6.07) is 5.32.